The predicted octanol–water partition coefficient (Wildman–Crippen LogP) is 2.94. The Morgan fingerprint density at radius 3 is 2.48 bits per heavy atom. The monoisotopic (exact) mass is 371 g/mol. The van der Waals surface area contributed by atoms with Crippen LogP contribution in [0.25, 0.3) is 0 Å². The van der Waals surface area contributed by atoms with Crippen LogP contribution in [0.15, 0.2) is 24.3 Å². The molecule has 1 aliphatic heterocycles. The molecule has 6 heteroatoms. The standard InChI is InChI=1S/C21H29N3O3/c1-14(2)24-13-15(12-19(24)25)20(26)23-18-11-7-6-10-17(18)21(27)22-16-8-4-3-5-9-16/h6-7,10-11,14-16H,3-5,8-9,12-13H2,1-2H3,(H,22,27)(H,23,26)/t15-/m1/s1. The van der Waals surface area contributed by atoms with Crippen molar-refractivity contribution in [2.75, 3.05) is 11.9 Å². The molecule has 0 radical (unpaired) electrons. The van der Waals surface area contributed by atoms with E-state index in [9.17, 15) is 14.4 Å². The van der Waals surface area contributed by atoms with Crippen molar-refractivity contribution in [1.82, 2.24) is 10.2 Å². The summed E-state index contributed by atoms with van der Waals surface area (Å²) < 4.78 is 0. The van der Waals surface area contributed by atoms with Gasteiger partial charge in [0.15, 0.2) is 0 Å². The van der Waals surface area contributed by atoms with Gasteiger partial charge < -0.3 is 15.5 Å². The maximum absolute atomic E-state index is 12.7. The van der Waals surface area contributed by atoms with Crippen LogP contribution >= 0.6 is 0 Å². The molecule has 3 amide bonds. The molecule has 1 aliphatic carbocycles. The summed E-state index contributed by atoms with van der Waals surface area (Å²) in [4.78, 5) is 39.2. The van der Waals surface area contributed by atoms with E-state index >= 15 is 0 Å². The summed E-state index contributed by atoms with van der Waals surface area (Å²) >= 11 is 0. The highest BCUT2D eigenvalue weighted by Crippen LogP contribution is 2.24. The van der Waals surface area contributed by atoms with Crippen LogP contribution in [0.1, 0.15) is 62.7 Å². The number of anilines is 1. The van der Waals surface area contributed by atoms with E-state index in [4.69, 9.17) is 0 Å². The predicted molar refractivity (Wildman–Crippen MR) is 104 cm³/mol. The molecular weight excluding hydrogens is 342 g/mol. The van der Waals surface area contributed by atoms with Crippen molar-refractivity contribution >= 4 is 23.4 Å². The van der Waals surface area contributed by atoms with Gasteiger partial charge in [-0.05, 0) is 38.8 Å². The fourth-order valence-corrected chi connectivity index (χ4v) is 3.94. The largest absolute Gasteiger partial charge is 0.349 e. The lowest BCUT2D eigenvalue weighted by Crippen LogP contribution is -2.37. The Morgan fingerprint density at radius 2 is 1.81 bits per heavy atom. The van der Waals surface area contributed by atoms with Gasteiger partial charge in [0.2, 0.25) is 11.8 Å². The van der Waals surface area contributed by atoms with Crippen molar-refractivity contribution in [3.05, 3.63) is 29.8 Å². The molecule has 2 aliphatic rings. The average Bonchev–Trinajstić information content (AvgIpc) is 3.05. The van der Waals surface area contributed by atoms with E-state index in [0.717, 1.165) is 25.7 Å². The zero-order chi connectivity index (χ0) is 19.4. The number of rotatable bonds is 5. The smallest absolute Gasteiger partial charge is 0.253 e. The molecule has 1 heterocycles. The first-order valence-electron chi connectivity index (χ1n) is 9.96. The number of carbonyl (C=O) groups is 3. The molecule has 0 bridgehead atoms. The van der Waals surface area contributed by atoms with Crippen LogP contribution in [-0.2, 0) is 9.59 Å². The molecule has 27 heavy (non-hydrogen) atoms. The molecular formula is C21H29N3O3. The van der Waals surface area contributed by atoms with Gasteiger partial charge in [-0.25, -0.2) is 0 Å². The SMILES string of the molecule is CC(C)N1C[C@H](C(=O)Nc2ccccc2C(=O)NC2CCCCC2)CC1=O. The summed E-state index contributed by atoms with van der Waals surface area (Å²) in [6.45, 7) is 4.32. The third kappa shape index (κ3) is 4.67. The Hall–Kier alpha value is -2.37. The maximum atomic E-state index is 12.7. The van der Waals surface area contributed by atoms with Crippen molar-refractivity contribution < 1.29 is 14.4 Å². The van der Waals surface area contributed by atoms with Gasteiger partial charge in [0.05, 0.1) is 17.2 Å². The normalized spacial score (nSPS) is 20.8. The summed E-state index contributed by atoms with van der Waals surface area (Å²) in [6, 6.07) is 7.36. The molecule has 1 atom stereocenters. The van der Waals surface area contributed by atoms with E-state index in [2.05, 4.69) is 10.6 Å². The highest BCUT2D eigenvalue weighted by atomic mass is 16.2. The first-order valence-corrected chi connectivity index (χ1v) is 9.96. The molecule has 0 unspecified atom stereocenters. The molecule has 2 N–H and O–H groups in total. The van der Waals surface area contributed by atoms with Crippen molar-refractivity contribution in [2.24, 2.45) is 5.92 Å². The van der Waals surface area contributed by atoms with Crippen molar-refractivity contribution in [1.29, 1.82) is 0 Å². The quantitative estimate of drug-likeness (QED) is 0.835. The van der Waals surface area contributed by atoms with Crippen molar-refractivity contribution in [2.45, 2.75) is 64.5 Å². The topological polar surface area (TPSA) is 78.5 Å². The van der Waals surface area contributed by atoms with Crippen molar-refractivity contribution in [3.63, 3.8) is 0 Å². The second-order valence-corrected chi connectivity index (χ2v) is 7.88. The van der Waals surface area contributed by atoms with Gasteiger partial charge in [0.1, 0.15) is 0 Å². The summed E-state index contributed by atoms with van der Waals surface area (Å²) in [5, 5.41) is 5.97. The minimum atomic E-state index is -0.380. The highest BCUT2D eigenvalue weighted by Gasteiger charge is 2.35. The van der Waals surface area contributed by atoms with E-state index in [0.29, 0.717) is 17.8 Å². The Bertz CT molecular complexity index is 710. The van der Waals surface area contributed by atoms with Gasteiger partial charge in [0.25, 0.3) is 5.91 Å². The zero-order valence-electron chi connectivity index (χ0n) is 16.2. The number of likely N-dealkylation sites (tertiary alicyclic amines) is 1. The Morgan fingerprint density at radius 1 is 1.11 bits per heavy atom. The van der Waals surface area contributed by atoms with Crippen LogP contribution in [0, 0.1) is 5.92 Å². The fourth-order valence-electron chi connectivity index (χ4n) is 3.94. The molecule has 1 saturated carbocycles. The number of amides is 3. The molecule has 3 rings (SSSR count). The van der Waals surface area contributed by atoms with Crippen LogP contribution in [0.4, 0.5) is 5.69 Å². The first-order chi connectivity index (χ1) is 13.0. The van der Waals surface area contributed by atoms with Crippen molar-refractivity contribution in [3.8, 4) is 0 Å². The van der Waals surface area contributed by atoms with Crippen LogP contribution in [-0.4, -0.2) is 41.2 Å². The van der Waals surface area contributed by atoms with Gasteiger partial charge in [-0.15, -0.1) is 0 Å². The Labute approximate surface area is 160 Å². The van der Waals surface area contributed by atoms with Crippen LogP contribution < -0.4 is 10.6 Å². The summed E-state index contributed by atoms with van der Waals surface area (Å²) in [7, 11) is 0. The molecule has 0 spiro atoms. The Balaban J connectivity index is 1.66. The maximum Gasteiger partial charge on any atom is 0.253 e. The number of nitrogens with zero attached hydrogens (tertiary/aromatic N) is 1. The van der Waals surface area contributed by atoms with Crippen LogP contribution in [0.2, 0.25) is 0 Å². The minimum Gasteiger partial charge on any atom is -0.349 e. The first kappa shape index (κ1) is 19.4. The molecule has 1 aromatic rings. The van der Waals surface area contributed by atoms with Crippen LogP contribution in [0.5, 0.6) is 0 Å². The second kappa shape index (κ2) is 8.55. The summed E-state index contributed by atoms with van der Waals surface area (Å²) in [5.74, 6) is -0.726. The second-order valence-electron chi connectivity index (χ2n) is 7.88. The summed E-state index contributed by atoms with van der Waals surface area (Å²) in [6.07, 6.45) is 5.76. The molecule has 0 aromatic heterocycles. The molecule has 2 fully saturated rings. The van der Waals surface area contributed by atoms with Gasteiger partial charge in [-0.1, -0.05) is 31.4 Å². The lowest BCUT2D eigenvalue weighted by molar-refractivity contribution is -0.129. The summed E-state index contributed by atoms with van der Waals surface area (Å²) in [5.41, 5.74) is 0.979. The van der Waals surface area contributed by atoms with Gasteiger partial charge in [-0.3, -0.25) is 14.4 Å². The Kier molecular flexibility index (Phi) is 6.14. The van der Waals surface area contributed by atoms with E-state index in [1.54, 1.807) is 29.2 Å². The number of hydrogen-bond donors (Lipinski definition) is 2. The third-order valence-corrected chi connectivity index (χ3v) is 5.52. The highest BCUT2D eigenvalue weighted by molar-refractivity contribution is 6.05. The van der Waals surface area contributed by atoms with E-state index in [1.807, 2.05) is 13.8 Å². The van der Waals surface area contributed by atoms with Crippen LogP contribution in [0.3, 0.4) is 0 Å². The molecule has 1 saturated heterocycles. The zero-order valence-corrected chi connectivity index (χ0v) is 16.2. The number of hydrogen-bond acceptors (Lipinski definition) is 3. The fraction of sp³-hybridized carbons (Fsp3) is 0.571. The van der Waals surface area contributed by atoms with E-state index in [1.165, 1.54) is 6.42 Å². The van der Waals surface area contributed by atoms with Gasteiger partial charge in [-0.2, -0.15) is 0 Å². The lowest BCUT2D eigenvalue weighted by Gasteiger charge is -2.23. The molecule has 146 valence electrons. The number of carbonyl (C=O) groups excluding carboxylic acids is 3. The van der Waals surface area contributed by atoms with Gasteiger partial charge in [0, 0.05) is 25.0 Å². The third-order valence-electron chi connectivity index (χ3n) is 5.52. The lowest BCUT2D eigenvalue weighted by atomic mass is 9.95. The average molecular weight is 371 g/mol. The minimum absolute atomic E-state index is 0.00785. The number of para-hydroxylation sites is 1. The number of nitrogens with one attached hydrogen (secondary N) is 2. The number of benzene rings is 1. The molecule has 1 aromatic carbocycles. The van der Waals surface area contributed by atoms with E-state index in [-0.39, 0.29) is 42.1 Å². The van der Waals surface area contributed by atoms with E-state index < -0.39 is 0 Å². The molecule has 6 nitrogen and oxygen atoms in total. The van der Waals surface area contributed by atoms with Gasteiger partial charge >= 0.3 is 0 Å².